The van der Waals surface area contributed by atoms with Gasteiger partial charge in [0.15, 0.2) is 0 Å². The number of nitrogens with one attached hydrogen (secondary N) is 1. The molecule has 0 aliphatic heterocycles. The summed E-state index contributed by atoms with van der Waals surface area (Å²) >= 11 is 0. The molecule has 1 aromatic heterocycles. The smallest absolute Gasteiger partial charge is 0.318 e. The van der Waals surface area contributed by atoms with Crippen molar-refractivity contribution in [3.8, 4) is 22.9 Å². The number of hydrogen-bond acceptors (Lipinski definition) is 7. The standard InChI is InChI=1S/C13H8N4O6/c1-6-2-8(10(5-14)13(19)15-6)9-3-7(16(20)21)4-11(12(9)18)17(22)23/h2-4,18H,1H3,(H,15,19). The van der Waals surface area contributed by atoms with Crippen LogP contribution in [0.4, 0.5) is 11.4 Å². The van der Waals surface area contributed by atoms with Crippen molar-refractivity contribution in [2.75, 3.05) is 0 Å². The Labute approximate surface area is 127 Å². The molecule has 23 heavy (non-hydrogen) atoms. The van der Waals surface area contributed by atoms with Gasteiger partial charge in [0.25, 0.3) is 11.2 Å². The number of non-ortho nitro benzene ring substituents is 1. The Balaban J connectivity index is 2.94. The highest BCUT2D eigenvalue weighted by atomic mass is 16.6. The maximum atomic E-state index is 11.8. The summed E-state index contributed by atoms with van der Waals surface area (Å²) < 4.78 is 0. The molecule has 0 spiro atoms. The number of phenolic OH excluding ortho intramolecular Hbond substituents is 1. The Hall–Kier alpha value is -3.74. The highest BCUT2D eigenvalue weighted by molar-refractivity contribution is 5.81. The Kier molecular flexibility index (Phi) is 3.79. The number of hydrogen-bond donors (Lipinski definition) is 2. The van der Waals surface area contributed by atoms with Crippen molar-refractivity contribution in [1.29, 1.82) is 5.26 Å². The molecule has 0 radical (unpaired) electrons. The molecule has 0 amide bonds. The lowest BCUT2D eigenvalue weighted by atomic mass is 9.98. The van der Waals surface area contributed by atoms with Gasteiger partial charge in [0.1, 0.15) is 11.6 Å². The van der Waals surface area contributed by atoms with Crippen LogP contribution in [0.5, 0.6) is 5.75 Å². The molecule has 1 aromatic carbocycles. The molecule has 0 atom stereocenters. The molecule has 0 unspecified atom stereocenters. The molecule has 0 fully saturated rings. The van der Waals surface area contributed by atoms with Gasteiger partial charge in [0.05, 0.1) is 15.9 Å². The van der Waals surface area contributed by atoms with E-state index in [1.807, 2.05) is 0 Å². The van der Waals surface area contributed by atoms with Crippen molar-refractivity contribution in [1.82, 2.24) is 4.98 Å². The number of rotatable bonds is 3. The first-order valence-corrected chi connectivity index (χ1v) is 6.06. The van der Waals surface area contributed by atoms with Gasteiger partial charge in [-0.3, -0.25) is 25.0 Å². The Morgan fingerprint density at radius 1 is 1.17 bits per heavy atom. The van der Waals surface area contributed by atoms with E-state index in [0.29, 0.717) is 11.8 Å². The maximum absolute atomic E-state index is 11.8. The predicted octanol–water partition coefficient (Wildman–Crippen LogP) is 1.74. The minimum absolute atomic E-state index is 0.127. The number of nitriles is 1. The second-order valence-corrected chi connectivity index (χ2v) is 4.56. The molecular formula is C13H8N4O6. The highest BCUT2D eigenvalue weighted by Gasteiger charge is 2.26. The highest BCUT2D eigenvalue weighted by Crippen LogP contribution is 2.41. The lowest BCUT2D eigenvalue weighted by Crippen LogP contribution is -2.13. The summed E-state index contributed by atoms with van der Waals surface area (Å²) in [5, 5.41) is 41.0. The Morgan fingerprint density at radius 3 is 2.35 bits per heavy atom. The zero-order chi connectivity index (χ0) is 17.3. The van der Waals surface area contributed by atoms with Crippen molar-refractivity contribution in [2.24, 2.45) is 0 Å². The first-order chi connectivity index (χ1) is 10.8. The average Bonchev–Trinajstić information content (AvgIpc) is 2.46. The van der Waals surface area contributed by atoms with E-state index in [4.69, 9.17) is 5.26 Å². The number of pyridine rings is 1. The van der Waals surface area contributed by atoms with Crippen LogP contribution >= 0.6 is 0 Å². The van der Waals surface area contributed by atoms with Gasteiger partial charge >= 0.3 is 5.69 Å². The maximum Gasteiger partial charge on any atom is 0.318 e. The van der Waals surface area contributed by atoms with E-state index in [2.05, 4.69) is 4.98 Å². The van der Waals surface area contributed by atoms with Gasteiger partial charge in [-0.05, 0) is 13.0 Å². The summed E-state index contributed by atoms with van der Waals surface area (Å²) in [6, 6.07) is 4.39. The van der Waals surface area contributed by atoms with Crippen LogP contribution in [0.2, 0.25) is 0 Å². The van der Waals surface area contributed by atoms with E-state index >= 15 is 0 Å². The summed E-state index contributed by atoms with van der Waals surface area (Å²) in [6.07, 6.45) is 0. The van der Waals surface area contributed by atoms with Crippen LogP contribution < -0.4 is 5.56 Å². The number of aryl methyl sites for hydroxylation is 1. The van der Waals surface area contributed by atoms with Crippen molar-refractivity contribution in [2.45, 2.75) is 6.92 Å². The molecular weight excluding hydrogens is 308 g/mol. The lowest BCUT2D eigenvalue weighted by Gasteiger charge is -2.08. The second kappa shape index (κ2) is 5.57. The third kappa shape index (κ3) is 2.70. The predicted molar refractivity (Wildman–Crippen MR) is 76.9 cm³/mol. The van der Waals surface area contributed by atoms with E-state index in [-0.39, 0.29) is 11.1 Å². The first-order valence-electron chi connectivity index (χ1n) is 6.06. The van der Waals surface area contributed by atoms with Crippen LogP contribution in [0.25, 0.3) is 11.1 Å². The van der Waals surface area contributed by atoms with Gasteiger partial charge in [-0.25, -0.2) is 0 Å². The van der Waals surface area contributed by atoms with Crippen molar-refractivity contribution >= 4 is 11.4 Å². The quantitative estimate of drug-likeness (QED) is 0.643. The molecule has 0 saturated carbocycles. The zero-order valence-electron chi connectivity index (χ0n) is 11.6. The van der Waals surface area contributed by atoms with Crippen LogP contribution in [0.3, 0.4) is 0 Å². The third-order valence-electron chi connectivity index (χ3n) is 3.05. The van der Waals surface area contributed by atoms with E-state index < -0.39 is 38.1 Å². The van der Waals surface area contributed by atoms with Gasteiger partial charge < -0.3 is 10.1 Å². The van der Waals surface area contributed by atoms with E-state index in [0.717, 1.165) is 6.07 Å². The van der Waals surface area contributed by atoms with E-state index in [1.165, 1.54) is 13.0 Å². The lowest BCUT2D eigenvalue weighted by molar-refractivity contribution is -0.394. The van der Waals surface area contributed by atoms with Gasteiger partial charge in [-0.15, -0.1) is 0 Å². The topological polar surface area (TPSA) is 163 Å². The molecule has 2 rings (SSSR count). The molecule has 2 aromatic rings. The van der Waals surface area contributed by atoms with Gasteiger partial charge in [-0.1, -0.05) is 0 Å². The normalized spacial score (nSPS) is 10.1. The van der Waals surface area contributed by atoms with Gasteiger partial charge in [0.2, 0.25) is 5.75 Å². The number of nitrogens with zero attached hydrogens (tertiary/aromatic N) is 3. The SMILES string of the molecule is Cc1cc(-c2cc([N+](=O)[O-])cc([N+](=O)[O-])c2O)c(C#N)c(=O)[nH]1. The summed E-state index contributed by atoms with van der Waals surface area (Å²) in [5.74, 6) is -0.859. The second-order valence-electron chi connectivity index (χ2n) is 4.56. The Bertz CT molecular complexity index is 941. The third-order valence-corrected chi connectivity index (χ3v) is 3.05. The van der Waals surface area contributed by atoms with Crippen LogP contribution in [-0.2, 0) is 0 Å². The molecule has 2 N–H and O–H groups in total. The zero-order valence-corrected chi connectivity index (χ0v) is 11.6. The fourth-order valence-electron chi connectivity index (χ4n) is 2.07. The summed E-state index contributed by atoms with van der Waals surface area (Å²) in [6.45, 7) is 1.49. The van der Waals surface area contributed by atoms with Gasteiger partial charge in [-0.2, -0.15) is 5.26 Å². The van der Waals surface area contributed by atoms with Crippen LogP contribution in [0.1, 0.15) is 11.3 Å². The molecule has 0 saturated heterocycles. The fraction of sp³-hybridized carbons (Fsp3) is 0.0769. The van der Waals surface area contributed by atoms with E-state index in [9.17, 15) is 30.1 Å². The largest absolute Gasteiger partial charge is 0.502 e. The number of aromatic amines is 1. The number of benzene rings is 1. The monoisotopic (exact) mass is 316 g/mol. The fourth-order valence-corrected chi connectivity index (χ4v) is 2.07. The average molecular weight is 316 g/mol. The van der Waals surface area contributed by atoms with E-state index in [1.54, 1.807) is 6.07 Å². The molecule has 0 aliphatic rings. The van der Waals surface area contributed by atoms with Gasteiger partial charge in [0, 0.05) is 22.9 Å². The van der Waals surface area contributed by atoms with Crippen LogP contribution in [-0.4, -0.2) is 19.9 Å². The minimum Gasteiger partial charge on any atom is -0.502 e. The molecule has 1 heterocycles. The number of H-pyrrole nitrogens is 1. The molecule has 0 bridgehead atoms. The number of aromatic hydroxyl groups is 1. The van der Waals surface area contributed by atoms with Crippen LogP contribution in [0.15, 0.2) is 23.0 Å². The van der Waals surface area contributed by atoms with Crippen LogP contribution in [0, 0.1) is 38.5 Å². The molecule has 10 heteroatoms. The number of aromatic nitrogens is 1. The number of phenols is 1. The molecule has 10 nitrogen and oxygen atoms in total. The number of nitro benzene ring substituents is 2. The van der Waals surface area contributed by atoms with Crippen molar-refractivity contribution in [3.63, 3.8) is 0 Å². The summed E-state index contributed by atoms with van der Waals surface area (Å²) in [4.78, 5) is 34.2. The van der Waals surface area contributed by atoms with Crippen molar-refractivity contribution < 1.29 is 15.0 Å². The number of nitro groups is 2. The summed E-state index contributed by atoms with van der Waals surface area (Å²) in [7, 11) is 0. The summed E-state index contributed by atoms with van der Waals surface area (Å²) in [5.41, 5.74) is -2.87. The first kappa shape index (κ1) is 15.6. The minimum atomic E-state index is -0.988. The van der Waals surface area contributed by atoms with Crippen molar-refractivity contribution in [3.05, 3.63) is 60.0 Å². The molecule has 0 aliphatic carbocycles. The molecule has 116 valence electrons. The Morgan fingerprint density at radius 2 is 1.83 bits per heavy atom.